The van der Waals surface area contributed by atoms with E-state index in [4.69, 9.17) is 0 Å². The maximum atomic E-state index is 12.3. The highest BCUT2D eigenvalue weighted by Gasteiger charge is 2.15. The molecule has 1 amide bonds. The highest BCUT2D eigenvalue weighted by atomic mass is 32.1. The van der Waals surface area contributed by atoms with Crippen LogP contribution in [0.5, 0.6) is 0 Å². The first-order chi connectivity index (χ1) is 11.2. The Kier molecular flexibility index (Phi) is 4.47. The van der Waals surface area contributed by atoms with Gasteiger partial charge in [0.25, 0.3) is 5.91 Å². The van der Waals surface area contributed by atoms with Crippen LogP contribution in [-0.2, 0) is 13.0 Å². The molecule has 0 saturated heterocycles. The molecule has 3 aromatic rings. The molecule has 6 nitrogen and oxygen atoms in total. The van der Waals surface area contributed by atoms with E-state index in [9.17, 15) is 4.79 Å². The summed E-state index contributed by atoms with van der Waals surface area (Å²) in [5.74, 6) is -0.213. The predicted octanol–water partition coefficient (Wildman–Crippen LogP) is 2.91. The summed E-state index contributed by atoms with van der Waals surface area (Å²) >= 11 is 1.39. The number of carbonyl (C=O) groups is 1. The number of aromatic nitrogens is 4. The summed E-state index contributed by atoms with van der Waals surface area (Å²) in [7, 11) is 0. The highest BCUT2D eigenvalue weighted by molar-refractivity contribution is 7.15. The van der Waals surface area contributed by atoms with Gasteiger partial charge in [-0.3, -0.25) is 14.8 Å². The molecule has 0 spiro atoms. The third-order valence-electron chi connectivity index (χ3n) is 3.32. The van der Waals surface area contributed by atoms with Gasteiger partial charge in [-0.15, -0.1) is 10.2 Å². The standard InChI is InChI=1S/C16H17N5OS/c1-3-21-13(9-11(2)20-21)15(22)17-16-19-18-14(23-16)10-12-7-5-4-6-8-12/h4-9H,3,10H2,1-2H3,(H,17,19,22). The van der Waals surface area contributed by atoms with Crippen LogP contribution < -0.4 is 5.32 Å². The Morgan fingerprint density at radius 2 is 2.04 bits per heavy atom. The third-order valence-corrected chi connectivity index (χ3v) is 4.16. The predicted molar refractivity (Wildman–Crippen MR) is 89.7 cm³/mol. The molecule has 0 atom stereocenters. The van der Waals surface area contributed by atoms with Crippen LogP contribution in [0.2, 0.25) is 0 Å². The van der Waals surface area contributed by atoms with Crippen LogP contribution in [0.3, 0.4) is 0 Å². The van der Waals surface area contributed by atoms with E-state index in [1.807, 2.05) is 44.2 Å². The fourth-order valence-corrected chi connectivity index (χ4v) is 3.05. The van der Waals surface area contributed by atoms with Crippen LogP contribution in [0.4, 0.5) is 5.13 Å². The second-order valence-corrected chi connectivity index (χ2v) is 6.17. The number of anilines is 1. The molecular weight excluding hydrogens is 310 g/mol. The molecule has 0 radical (unpaired) electrons. The fourth-order valence-electron chi connectivity index (χ4n) is 2.28. The molecule has 1 N–H and O–H groups in total. The first-order valence-electron chi connectivity index (χ1n) is 7.38. The largest absolute Gasteiger partial charge is 0.295 e. The van der Waals surface area contributed by atoms with E-state index in [0.717, 1.165) is 10.7 Å². The van der Waals surface area contributed by atoms with Crippen molar-refractivity contribution < 1.29 is 4.79 Å². The molecule has 3 rings (SSSR count). The van der Waals surface area contributed by atoms with Crippen molar-refractivity contribution in [3.05, 3.63) is 58.4 Å². The highest BCUT2D eigenvalue weighted by Crippen LogP contribution is 2.19. The number of aryl methyl sites for hydroxylation is 2. The van der Waals surface area contributed by atoms with Crippen molar-refractivity contribution in [2.24, 2.45) is 0 Å². The Morgan fingerprint density at radius 3 is 2.78 bits per heavy atom. The number of hydrogen-bond acceptors (Lipinski definition) is 5. The van der Waals surface area contributed by atoms with E-state index >= 15 is 0 Å². The molecule has 0 bridgehead atoms. The Bertz CT molecular complexity index is 809. The molecular formula is C16H17N5OS. The lowest BCUT2D eigenvalue weighted by atomic mass is 10.2. The molecule has 0 saturated carbocycles. The average molecular weight is 327 g/mol. The summed E-state index contributed by atoms with van der Waals surface area (Å²) in [5, 5.41) is 16.6. The second-order valence-electron chi connectivity index (χ2n) is 5.10. The number of hydrogen-bond donors (Lipinski definition) is 1. The zero-order valence-corrected chi connectivity index (χ0v) is 13.8. The molecule has 7 heteroatoms. The van der Waals surface area contributed by atoms with Crippen molar-refractivity contribution >= 4 is 22.4 Å². The molecule has 118 valence electrons. The van der Waals surface area contributed by atoms with Gasteiger partial charge in [-0.1, -0.05) is 41.7 Å². The van der Waals surface area contributed by atoms with Gasteiger partial charge in [0.2, 0.25) is 5.13 Å². The number of benzene rings is 1. The summed E-state index contributed by atoms with van der Waals surface area (Å²) in [5.41, 5.74) is 2.52. The lowest BCUT2D eigenvalue weighted by Crippen LogP contribution is -2.17. The Labute approximate surface area is 138 Å². The topological polar surface area (TPSA) is 72.7 Å². The van der Waals surface area contributed by atoms with E-state index in [1.54, 1.807) is 10.7 Å². The lowest BCUT2D eigenvalue weighted by Gasteiger charge is -2.03. The van der Waals surface area contributed by atoms with Crippen molar-refractivity contribution in [3.8, 4) is 0 Å². The molecule has 0 aliphatic carbocycles. The van der Waals surface area contributed by atoms with Crippen LogP contribution in [-0.4, -0.2) is 25.9 Å². The van der Waals surface area contributed by atoms with Crippen LogP contribution in [0.15, 0.2) is 36.4 Å². The summed E-state index contributed by atoms with van der Waals surface area (Å²) in [4.78, 5) is 12.3. The van der Waals surface area contributed by atoms with Crippen molar-refractivity contribution in [1.29, 1.82) is 0 Å². The normalized spacial score (nSPS) is 10.7. The molecule has 0 fully saturated rings. The van der Waals surface area contributed by atoms with Gasteiger partial charge in [0, 0.05) is 13.0 Å². The Morgan fingerprint density at radius 1 is 1.26 bits per heavy atom. The van der Waals surface area contributed by atoms with Crippen molar-refractivity contribution in [2.75, 3.05) is 5.32 Å². The molecule has 23 heavy (non-hydrogen) atoms. The second kappa shape index (κ2) is 6.70. The minimum Gasteiger partial charge on any atom is -0.295 e. The van der Waals surface area contributed by atoms with Gasteiger partial charge in [-0.2, -0.15) is 5.10 Å². The van der Waals surface area contributed by atoms with Crippen LogP contribution >= 0.6 is 11.3 Å². The van der Waals surface area contributed by atoms with Crippen LogP contribution in [0.25, 0.3) is 0 Å². The molecule has 1 aromatic carbocycles. The smallest absolute Gasteiger partial charge is 0.275 e. The maximum absolute atomic E-state index is 12.3. The SMILES string of the molecule is CCn1nc(C)cc1C(=O)Nc1nnc(Cc2ccccc2)s1. The number of carbonyl (C=O) groups excluding carboxylic acids is 1. The van der Waals surface area contributed by atoms with Gasteiger partial charge >= 0.3 is 0 Å². The minimum atomic E-state index is -0.213. The van der Waals surface area contributed by atoms with Crippen molar-refractivity contribution in [2.45, 2.75) is 26.8 Å². The van der Waals surface area contributed by atoms with E-state index in [2.05, 4.69) is 20.6 Å². The Balaban J connectivity index is 1.70. The van der Waals surface area contributed by atoms with Gasteiger partial charge in [0.05, 0.1) is 5.69 Å². The van der Waals surface area contributed by atoms with Crippen LogP contribution in [0.1, 0.15) is 33.7 Å². The molecule has 2 aromatic heterocycles. The fraction of sp³-hybridized carbons (Fsp3) is 0.250. The first-order valence-corrected chi connectivity index (χ1v) is 8.19. The van der Waals surface area contributed by atoms with Gasteiger partial charge in [0.1, 0.15) is 10.7 Å². The summed E-state index contributed by atoms with van der Waals surface area (Å²) in [6.07, 6.45) is 0.709. The molecule has 0 aliphatic heterocycles. The van der Waals surface area contributed by atoms with Crippen molar-refractivity contribution in [1.82, 2.24) is 20.0 Å². The van der Waals surface area contributed by atoms with E-state index in [-0.39, 0.29) is 5.91 Å². The van der Waals surface area contributed by atoms with Gasteiger partial charge in [-0.05, 0) is 25.5 Å². The summed E-state index contributed by atoms with van der Waals surface area (Å²) in [6, 6.07) is 11.8. The van der Waals surface area contributed by atoms with Gasteiger partial charge < -0.3 is 0 Å². The Hall–Kier alpha value is -2.54. The van der Waals surface area contributed by atoms with E-state index in [0.29, 0.717) is 23.8 Å². The number of rotatable bonds is 5. The molecule has 2 heterocycles. The van der Waals surface area contributed by atoms with Crippen molar-refractivity contribution in [3.63, 3.8) is 0 Å². The lowest BCUT2D eigenvalue weighted by molar-refractivity contribution is 0.101. The summed E-state index contributed by atoms with van der Waals surface area (Å²) < 4.78 is 1.68. The zero-order valence-electron chi connectivity index (χ0n) is 13.0. The monoisotopic (exact) mass is 327 g/mol. The number of amides is 1. The first kappa shape index (κ1) is 15.4. The van der Waals surface area contributed by atoms with Gasteiger partial charge in [-0.25, -0.2) is 0 Å². The number of nitrogens with one attached hydrogen (secondary N) is 1. The van der Waals surface area contributed by atoms with E-state index in [1.165, 1.54) is 16.9 Å². The molecule has 0 aliphatic rings. The van der Waals surface area contributed by atoms with E-state index < -0.39 is 0 Å². The maximum Gasteiger partial charge on any atom is 0.275 e. The minimum absolute atomic E-state index is 0.213. The molecule has 0 unspecified atom stereocenters. The zero-order chi connectivity index (χ0) is 16.2. The quantitative estimate of drug-likeness (QED) is 0.782. The third kappa shape index (κ3) is 3.62. The average Bonchev–Trinajstić information content (AvgIpc) is 3.14. The van der Waals surface area contributed by atoms with Gasteiger partial charge in [0.15, 0.2) is 0 Å². The number of nitrogens with zero attached hydrogens (tertiary/aromatic N) is 4. The summed E-state index contributed by atoms with van der Waals surface area (Å²) in [6.45, 7) is 4.46. The van der Waals surface area contributed by atoms with Crippen LogP contribution in [0, 0.1) is 6.92 Å².